The minimum atomic E-state index is 0.178. The Morgan fingerprint density at radius 2 is 2.15 bits per heavy atom. The van der Waals surface area contributed by atoms with E-state index in [0.717, 1.165) is 17.2 Å². The Morgan fingerprint density at radius 3 is 2.92 bits per heavy atom. The lowest BCUT2D eigenvalue weighted by Crippen LogP contribution is -1.83. The monoisotopic (exact) mass is 173 g/mol. The van der Waals surface area contributed by atoms with Gasteiger partial charge in [-0.1, -0.05) is 0 Å². The molecule has 1 N–H and O–H groups in total. The number of carbonyl (C=O) groups excluding carboxylic acids is 1. The van der Waals surface area contributed by atoms with Crippen LogP contribution in [0, 0.1) is 0 Å². The highest BCUT2D eigenvalue weighted by molar-refractivity contribution is 5.86. The first-order chi connectivity index (χ1) is 6.29. The number of hydrogen-bond donors (Lipinski definition) is 1. The maximum atomic E-state index is 10.4. The van der Waals surface area contributed by atoms with E-state index in [1.165, 1.54) is 6.20 Å². The summed E-state index contributed by atoms with van der Waals surface area (Å²) in [5, 5.41) is 9.95. The third-order valence-corrected chi connectivity index (χ3v) is 1.82. The Hall–Kier alpha value is -1.90. The zero-order chi connectivity index (χ0) is 9.26. The molecule has 0 saturated carbocycles. The van der Waals surface area contributed by atoms with Crippen molar-refractivity contribution in [2.75, 3.05) is 0 Å². The normalized spacial score (nSPS) is 10.2. The summed E-state index contributed by atoms with van der Waals surface area (Å²) in [6, 6.07) is 6.54. The predicted molar refractivity (Wildman–Crippen MR) is 48.8 cm³/mol. The molecule has 0 radical (unpaired) electrons. The van der Waals surface area contributed by atoms with E-state index in [1.807, 2.05) is 0 Å². The largest absolute Gasteiger partial charge is 0.508 e. The van der Waals surface area contributed by atoms with Crippen LogP contribution in [0.4, 0.5) is 0 Å². The average Bonchev–Trinajstić information content (AvgIpc) is 2.16. The van der Waals surface area contributed by atoms with E-state index < -0.39 is 0 Å². The third-order valence-electron chi connectivity index (χ3n) is 1.82. The first-order valence-electron chi connectivity index (χ1n) is 3.83. The maximum Gasteiger partial charge on any atom is 0.151 e. The standard InChI is InChI=1S/C10H7NO2/c12-6-7-3-8-4-9(13)1-2-10(8)11-5-7/h1-6,13H. The quantitative estimate of drug-likeness (QED) is 0.668. The van der Waals surface area contributed by atoms with Gasteiger partial charge in [0.1, 0.15) is 5.75 Å². The number of phenolic OH excluding ortho intramolecular Hbond substituents is 1. The van der Waals surface area contributed by atoms with Gasteiger partial charge in [0.15, 0.2) is 6.29 Å². The van der Waals surface area contributed by atoms with E-state index in [4.69, 9.17) is 0 Å². The van der Waals surface area contributed by atoms with Crippen LogP contribution in [0.5, 0.6) is 5.75 Å². The summed E-state index contributed by atoms with van der Waals surface area (Å²) in [4.78, 5) is 14.5. The van der Waals surface area contributed by atoms with Crippen molar-refractivity contribution in [3.8, 4) is 5.75 Å². The predicted octanol–water partition coefficient (Wildman–Crippen LogP) is 1.75. The molecule has 64 valence electrons. The van der Waals surface area contributed by atoms with E-state index >= 15 is 0 Å². The molecular weight excluding hydrogens is 166 g/mol. The van der Waals surface area contributed by atoms with E-state index in [2.05, 4.69) is 4.98 Å². The number of aromatic hydroxyl groups is 1. The van der Waals surface area contributed by atoms with Gasteiger partial charge in [-0.15, -0.1) is 0 Å². The molecule has 1 aromatic heterocycles. The van der Waals surface area contributed by atoms with Crippen LogP contribution < -0.4 is 0 Å². The molecule has 2 aromatic rings. The molecule has 0 unspecified atom stereocenters. The molecule has 0 spiro atoms. The first kappa shape index (κ1) is 7.73. The molecule has 0 saturated heterocycles. The van der Waals surface area contributed by atoms with Crippen LogP contribution in [0.2, 0.25) is 0 Å². The lowest BCUT2D eigenvalue weighted by atomic mass is 10.2. The Labute approximate surface area is 74.7 Å². The lowest BCUT2D eigenvalue weighted by molar-refractivity contribution is 0.112. The minimum Gasteiger partial charge on any atom is -0.508 e. The average molecular weight is 173 g/mol. The molecule has 0 bridgehead atoms. The first-order valence-corrected chi connectivity index (χ1v) is 3.83. The van der Waals surface area contributed by atoms with Crippen molar-refractivity contribution < 1.29 is 9.90 Å². The third kappa shape index (κ3) is 1.36. The minimum absolute atomic E-state index is 0.178. The Balaban J connectivity index is 2.74. The van der Waals surface area contributed by atoms with Gasteiger partial charge in [-0.3, -0.25) is 9.78 Å². The number of carbonyl (C=O) groups is 1. The van der Waals surface area contributed by atoms with Crippen LogP contribution in [-0.4, -0.2) is 16.4 Å². The van der Waals surface area contributed by atoms with Crippen LogP contribution in [0.1, 0.15) is 10.4 Å². The number of hydrogen-bond acceptors (Lipinski definition) is 3. The van der Waals surface area contributed by atoms with Crippen molar-refractivity contribution >= 4 is 17.2 Å². The second-order valence-electron chi connectivity index (χ2n) is 2.76. The Kier molecular flexibility index (Phi) is 1.70. The van der Waals surface area contributed by atoms with Crippen molar-refractivity contribution in [1.82, 2.24) is 4.98 Å². The highest BCUT2D eigenvalue weighted by atomic mass is 16.3. The molecule has 1 aromatic carbocycles. The Morgan fingerprint density at radius 1 is 1.31 bits per heavy atom. The van der Waals surface area contributed by atoms with Crippen molar-refractivity contribution in [1.29, 1.82) is 0 Å². The molecule has 0 aliphatic carbocycles. The topological polar surface area (TPSA) is 50.2 Å². The number of nitrogens with zero attached hydrogens (tertiary/aromatic N) is 1. The summed E-state index contributed by atoms with van der Waals surface area (Å²) in [5.74, 6) is 0.178. The fourth-order valence-corrected chi connectivity index (χ4v) is 1.20. The summed E-state index contributed by atoms with van der Waals surface area (Å²) in [6.45, 7) is 0. The smallest absolute Gasteiger partial charge is 0.151 e. The molecule has 0 fully saturated rings. The number of benzene rings is 1. The van der Waals surface area contributed by atoms with E-state index in [0.29, 0.717) is 5.56 Å². The summed E-state index contributed by atoms with van der Waals surface area (Å²) < 4.78 is 0. The van der Waals surface area contributed by atoms with Crippen LogP contribution >= 0.6 is 0 Å². The van der Waals surface area contributed by atoms with Gasteiger partial charge in [-0.2, -0.15) is 0 Å². The SMILES string of the molecule is O=Cc1cnc2ccc(O)cc2c1. The van der Waals surface area contributed by atoms with Gasteiger partial charge in [-0.05, 0) is 24.3 Å². The van der Waals surface area contributed by atoms with Gasteiger partial charge in [0.05, 0.1) is 5.52 Å². The van der Waals surface area contributed by atoms with E-state index in [1.54, 1.807) is 24.3 Å². The molecule has 3 nitrogen and oxygen atoms in total. The van der Waals surface area contributed by atoms with Crippen molar-refractivity contribution in [3.63, 3.8) is 0 Å². The molecule has 0 aliphatic heterocycles. The molecule has 13 heavy (non-hydrogen) atoms. The number of pyridine rings is 1. The second-order valence-corrected chi connectivity index (χ2v) is 2.76. The van der Waals surface area contributed by atoms with Crippen LogP contribution in [0.25, 0.3) is 10.9 Å². The molecule has 2 rings (SSSR count). The molecule has 0 atom stereocenters. The van der Waals surface area contributed by atoms with Crippen molar-refractivity contribution in [3.05, 3.63) is 36.0 Å². The van der Waals surface area contributed by atoms with Crippen molar-refractivity contribution in [2.45, 2.75) is 0 Å². The number of phenols is 1. The summed E-state index contributed by atoms with van der Waals surface area (Å²) in [7, 11) is 0. The van der Waals surface area contributed by atoms with Crippen LogP contribution in [0.3, 0.4) is 0 Å². The fourth-order valence-electron chi connectivity index (χ4n) is 1.20. The summed E-state index contributed by atoms with van der Waals surface area (Å²) in [6.07, 6.45) is 2.24. The fraction of sp³-hybridized carbons (Fsp3) is 0. The lowest BCUT2D eigenvalue weighted by Gasteiger charge is -1.97. The highest BCUT2D eigenvalue weighted by Gasteiger charge is 1.97. The van der Waals surface area contributed by atoms with Gasteiger partial charge < -0.3 is 5.11 Å². The zero-order valence-corrected chi connectivity index (χ0v) is 6.77. The van der Waals surface area contributed by atoms with E-state index in [9.17, 15) is 9.90 Å². The molecule has 1 heterocycles. The highest BCUT2D eigenvalue weighted by Crippen LogP contribution is 2.18. The number of aldehydes is 1. The van der Waals surface area contributed by atoms with Crippen molar-refractivity contribution in [2.24, 2.45) is 0 Å². The second kappa shape index (κ2) is 2.86. The molecule has 0 amide bonds. The maximum absolute atomic E-state index is 10.4. The molecule has 0 aliphatic rings. The van der Waals surface area contributed by atoms with Crippen LogP contribution in [0.15, 0.2) is 30.5 Å². The summed E-state index contributed by atoms with van der Waals surface area (Å²) >= 11 is 0. The molecular formula is C10H7NO2. The summed E-state index contributed by atoms with van der Waals surface area (Å²) in [5.41, 5.74) is 1.28. The van der Waals surface area contributed by atoms with Gasteiger partial charge in [0, 0.05) is 17.1 Å². The van der Waals surface area contributed by atoms with Gasteiger partial charge >= 0.3 is 0 Å². The number of fused-ring (bicyclic) bond motifs is 1. The van der Waals surface area contributed by atoms with Gasteiger partial charge in [0.25, 0.3) is 0 Å². The Bertz CT molecular complexity index is 465. The van der Waals surface area contributed by atoms with E-state index in [-0.39, 0.29) is 5.75 Å². The van der Waals surface area contributed by atoms with Crippen LogP contribution in [-0.2, 0) is 0 Å². The molecule has 3 heteroatoms. The zero-order valence-electron chi connectivity index (χ0n) is 6.77. The van der Waals surface area contributed by atoms with Gasteiger partial charge in [0.2, 0.25) is 0 Å². The number of aromatic nitrogens is 1. The number of rotatable bonds is 1. The van der Waals surface area contributed by atoms with Gasteiger partial charge in [-0.25, -0.2) is 0 Å².